The standard InChI is InChI=1S/C10H18O4Si/c1-9(2,3)7(11)13-15-14-8(12)10(4,5)6/h1-6H3. The molecule has 0 saturated heterocycles. The molecule has 86 valence electrons. The van der Waals surface area contributed by atoms with E-state index < -0.39 is 20.8 Å². The van der Waals surface area contributed by atoms with Crippen molar-refractivity contribution < 1.29 is 18.4 Å². The number of rotatable bonds is 2. The van der Waals surface area contributed by atoms with Crippen LogP contribution in [0.1, 0.15) is 41.5 Å². The second-order valence-electron chi connectivity index (χ2n) is 5.36. The van der Waals surface area contributed by atoms with E-state index in [-0.39, 0.29) is 11.9 Å². The predicted octanol–water partition coefficient (Wildman–Crippen LogP) is 1.70. The van der Waals surface area contributed by atoms with Crippen molar-refractivity contribution in [3.8, 4) is 0 Å². The van der Waals surface area contributed by atoms with Gasteiger partial charge < -0.3 is 8.85 Å². The minimum Gasteiger partial charge on any atom is -0.481 e. The fourth-order valence-electron chi connectivity index (χ4n) is 0.403. The summed E-state index contributed by atoms with van der Waals surface area (Å²) in [6.45, 7) is 10.4. The van der Waals surface area contributed by atoms with Crippen LogP contribution in [0.4, 0.5) is 0 Å². The summed E-state index contributed by atoms with van der Waals surface area (Å²) >= 11 is 0. The van der Waals surface area contributed by atoms with Crippen molar-refractivity contribution in [1.29, 1.82) is 0 Å². The Morgan fingerprint density at radius 3 is 1.27 bits per heavy atom. The molecule has 0 N–H and O–H groups in total. The molecule has 0 atom stereocenters. The van der Waals surface area contributed by atoms with Crippen LogP contribution < -0.4 is 0 Å². The van der Waals surface area contributed by atoms with E-state index in [0.29, 0.717) is 0 Å². The van der Waals surface area contributed by atoms with Crippen molar-refractivity contribution in [3.05, 3.63) is 0 Å². The number of carbonyl (C=O) groups excluding carboxylic acids is 2. The van der Waals surface area contributed by atoms with Gasteiger partial charge in [-0.2, -0.15) is 0 Å². The second kappa shape index (κ2) is 4.79. The van der Waals surface area contributed by atoms with E-state index in [2.05, 4.69) is 0 Å². The predicted molar refractivity (Wildman–Crippen MR) is 56.8 cm³/mol. The Balaban J connectivity index is 3.92. The smallest absolute Gasteiger partial charge is 0.481 e. The molecule has 0 aliphatic carbocycles. The van der Waals surface area contributed by atoms with Gasteiger partial charge in [-0.15, -0.1) is 0 Å². The lowest BCUT2D eigenvalue weighted by atomic mass is 9.98. The first kappa shape index (κ1) is 14.2. The molecule has 2 radical (unpaired) electrons. The van der Waals surface area contributed by atoms with Crippen LogP contribution in [0.15, 0.2) is 0 Å². The van der Waals surface area contributed by atoms with Crippen LogP contribution >= 0.6 is 0 Å². The Bertz CT molecular complexity index is 221. The molecule has 0 rings (SSSR count). The molecular weight excluding hydrogens is 212 g/mol. The van der Waals surface area contributed by atoms with Gasteiger partial charge in [-0.25, -0.2) is 0 Å². The highest BCUT2D eigenvalue weighted by Gasteiger charge is 2.27. The minimum atomic E-state index is -0.568. The molecular formula is C10H18O4Si. The number of hydrogen-bond donors (Lipinski definition) is 0. The lowest BCUT2D eigenvalue weighted by molar-refractivity contribution is -0.148. The molecule has 0 aromatic carbocycles. The van der Waals surface area contributed by atoms with E-state index in [1.165, 1.54) is 0 Å². The molecule has 0 aliphatic rings. The van der Waals surface area contributed by atoms with Crippen LogP contribution in [0.3, 0.4) is 0 Å². The molecule has 0 aromatic heterocycles. The van der Waals surface area contributed by atoms with Gasteiger partial charge in [0.15, 0.2) is 0 Å². The summed E-state index contributed by atoms with van der Waals surface area (Å²) in [7, 11) is -0.559. The zero-order chi connectivity index (χ0) is 12.3. The van der Waals surface area contributed by atoms with Gasteiger partial charge in [-0.3, -0.25) is 9.59 Å². The highest BCUT2D eigenvalue weighted by Crippen LogP contribution is 2.16. The molecule has 0 unspecified atom stereocenters. The van der Waals surface area contributed by atoms with Gasteiger partial charge in [0.2, 0.25) is 0 Å². The summed E-state index contributed by atoms with van der Waals surface area (Å²) < 4.78 is 9.64. The highest BCUT2D eigenvalue weighted by atomic mass is 28.3. The molecule has 0 fully saturated rings. The summed E-state index contributed by atoms with van der Waals surface area (Å²) in [6.07, 6.45) is 0. The lowest BCUT2D eigenvalue weighted by Gasteiger charge is -2.18. The van der Waals surface area contributed by atoms with Crippen LogP contribution in [0, 0.1) is 10.8 Å². The molecule has 5 heteroatoms. The largest absolute Gasteiger partial charge is 0.614 e. The fraction of sp³-hybridized carbons (Fsp3) is 0.800. The zero-order valence-corrected chi connectivity index (χ0v) is 11.1. The van der Waals surface area contributed by atoms with Crippen LogP contribution in [-0.2, 0) is 18.4 Å². The van der Waals surface area contributed by atoms with Gasteiger partial charge in [0.25, 0.3) is 11.9 Å². The van der Waals surface area contributed by atoms with Crippen LogP contribution in [0.25, 0.3) is 0 Å². The highest BCUT2D eigenvalue weighted by molar-refractivity contribution is 6.26. The van der Waals surface area contributed by atoms with Crippen molar-refractivity contribution in [2.45, 2.75) is 41.5 Å². The van der Waals surface area contributed by atoms with Gasteiger partial charge in [0.1, 0.15) is 0 Å². The van der Waals surface area contributed by atoms with E-state index in [1.807, 2.05) is 0 Å². The third kappa shape index (κ3) is 5.56. The van der Waals surface area contributed by atoms with E-state index in [9.17, 15) is 9.59 Å². The average molecular weight is 230 g/mol. The Hall–Kier alpha value is -0.843. The quantitative estimate of drug-likeness (QED) is 0.677. The molecule has 0 bridgehead atoms. The van der Waals surface area contributed by atoms with E-state index >= 15 is 0 Å². The Labute approximate surface area is 93.4 Å². The Morgan fingerprint density at radius 1 is 0.800 bits per heavy atom. The lowest BCUT2D eigenvalue weighted by Crippen LogP contribution is -2.29. The summed E-state index contributed by atoms with van der Waals surface area (Å²) in [5, 5.41) is 0. The molecule has 0 spiro atoms. The molecule has 0 heterocycles. The van der Waals surface area contributed by atoms with Crippen molar-refractivity contribution in [2.75, 3.05) is 0 Å². The molecule has 0 saturated carbocycles. The van der Waals surface area contributed by atoms with E-state index in [0.717, 1.165) is 0 Å². The summed E-state index contributed by atoms with van der Waals surface area (Å²) in [4.78, 5) is 22.6. The maximum absolute atomic E-state index is 11.3. The molecule has 4 nitrogen and oxygen atoms in total. The van der Waals surface area contributed by atoms with E-state index in [4.69, 9.17) is 8.85 Å². The Kier molecular flexibility index (Phi) is 4.52. The third-order valence-electron chi connectivity index (χ3n) is 1.49. The maximum atomic E-state index is 11.3. The van der Waals surface area contributed by atoms with Gasteiger partial charge >= 0.3 is 10.0 Å². The van der Waals surface area contributed by atoms with E-state index in [1.54, 1.807) is 41.5 Å². The van der Waals surface area contributed by atoms with Crippen LogP contribution in [0.5, 0.6) is 0 Å². The first-order valence-corrected chi connectivity index (χ1v) is 5.54. The molecule has 0 amide bonds. The summed E-state index contributed by atoms with van der Waals surface area (Å²) in [5.74, 6) is -0.745. The first-order valence-electron chi connectivity index (χ1n) is 4.72. The van der Waals surface area contributed by atoms with Gasteiger partial charge in [0.05, 0.1) is 10.8 Å². The SMILES string of the molecule is CC(C)(C)C(=O)O[Si]OC(=O)C(C)(C)C. The van der Waals surface area contributed by atoms with Crippen LogP contribution in [-0.4, -0.2) is 21.9 Å². The second-order valence-corrected chi connectivity index (χ2v) is 5.94. The van der Waals surface area contributed by atoms with Crippen molar-refractivity contribution in [3.63, 3.8) is 0 Å². The zero-order valence-electron chi connectivity index (χ0n) is 10.1. The normalized spacial score (nSPS) is 12.1. The molecule has 0 aliphatic heterocycles. The van der Waals surface area contributed by atoms with Crippen molar-refractivity contribution in [2.24, 2.45) is 10.8 Å². The maximum Gasteiger partial charge on any atom is 0.614 e. The monoisotopic (exact) mass is 230 g/mol. The van der Waals surface area contributed by atoms with Gasteiger partial charge in [-0.05, 0) is 41.5 Å². The average Bonchev–Trinajstić information content (AvgIpc) is 2.00. The fourth-order valence-corrected chi connectivity index (χ4v) is 1.21. The van der Waals surface area contributed by atoms with Crippen molar-refractivity contribution in [1.82, 2.24) is 0 Å². The summed E-state index contributed by atoms with van der Waals surface area (Å²) in [6, 6.07) is 0. The minimum absolute atomic E-state index is 0.373. The molecule has 15 heavy (non-hydrogen) atoms. The van der Waals surface area contributed by atoms with Gasteiger partial charge in [0, 0.05) is 0 Å². The topological polar surface area (TPSA) is 52.6 Å². The summed E-state index contributed by atoms with van der Waals surface area (Å²) in [5.41, 5.74) is -1.14. The first-order chi connectivity index (χ1) is 6.55. The third-order valence-corrected chi connectivity index (χ3v) is 2.03. The van der Waals surface area contributed by atoms with Crippen molar-refractivity contribution >= 4 is 21.9 Å². The molecule has 0 aromatic rings. The Morgan fingerprint density at radius 2 is 1.07 bits per heavy atom. The van der Waals surface area contributed by atoms with Gasteiger partial charge in [-0.1, -0.05) is 0 Å². The number of carbonyl (C=O) groups is 2. The van der Waals surface area contributed by atoms with Crippen LogP contribution in [0.2, 0.25) is 0 Å². The number of hydrogen-bond acceptors (Lipinski definition) is 4.